The van der Waals surface area contributed by atoms with Crippen molar-refractivity contribution in [3.63, 3.8) is 0 Å². The van der Waals surface area contributed by atoms with Crippen molar-refractivity contribution in [2.24, 2.45) is 5.92 Å². The summed E-state index contributed by atoms with van der Waals surface area (Å²) in [5.74, 6) is -4.27. The zero-order valence-electron chi connectivity index (χ0n) is 14.8. The molecule has 1 N–H and O–H groups in total. The number of carbonyl (C=O) groups excluding carboxylic acids is 1. The molecule has 0 aromatic heterocycles. The van der Waals surface area contributed by atoms with E-state index in [1.165, 1.54) is 23.9 Å². The molecule has 0 radical (unpaired) electrons. The molecule has 3 rings (SSSR count). The highest BCUT2D eigenvalue weighted by atomic mass is 35.5. The molecule has 1 aliphatic rings. The molecule has 0 atom stereocenters. The first kappa shape index (κ1) is 21.0. The summed E-state index contributed by atoms with van der Waals surface area (Å²) in [6.07, 6.45) is 0.743. The molecule has 0 bridgehead atoms. The standard InChI is InChI=1S/C20H18ClF4NOS/c21-15-3-1-13(19(27)26-14-2-4-16(22)17(23)10-14)9-18(15)28-11-12-5-7-20(24,25)8-6-12/h1-4,9-10,12H,5-8,11H2,(H,26,27). The van der Waals surface area contributed by atoms with E-state index in [0.717, 1.165) is 12.1 Å². The summed E-state index contributed by atoms with van der Waals surface area (Å²) in [6.45, 7) is 0. The highest BCUT2D eigenvalue weighted by molar-refractivity contribution is 7.99. The molecule has 150 valence electrons. The van der Waals surface area contributed by atoms with Gasteiger partial charge in [-0.2, -0.15) is 0 Å². The molecule has 0 aliphatic heterocycles. The van der Waals surface area contributed by atoms with Crippen LogP contribution >= 0.6 is 23.4 Å². The molecule has 2 nitrogen and oxygen atoms in total. The van der Waals surface area contributed by atoms with Crippen molar-refractivity contribution in [3.8, 4) is 0 Å². The minimum absolute atomic E-state index is 0.0946. The minimum Gasteiger partial charge on any atom is -0.322 e. The SMILES string of the molecule is O=C(Nc1ccc(F)c(F)c1)c1ccc(Cl)c(SCC2CCC(F)(F)CC2)c1. The molecule has 0 heterocycles. The van der Waals surface area contributed by atoms with Gasteiger partial charge in [-0.1, -0.05) is 11.6 Å². The van der Waals surface area contributed by atoms with Crippen LogP contribution in [0.25, 0.3) is 0 Å². The van der Waals surface area contributed by atoms with Gasteiger partial charge in [0.1, 0.15) is 0 Å². The lowest BCUT2D eigenvalue weighted by atomic mass is 9.88. The summed E-state index contributed by atoms with van der Waals surface area (Å²) in [6, 6.07) is 7.82. The molecule has 2 aromatic carbocycles. The van der Waals surface area contributed by atoms with Gasteiger partial charge in [0.25, 0.3) is 5.91 Å². The molecule has 2 aromatic rings. The Morgan fingerprint density at radius 3 is 2.50 bits per heavy atom. The topological polar surface area (TPSA) is 29.1 Å². The smallest absolute Gasteiger partial charge is 0.255 e. The summed E-state index contributed by atoms with van der Waals surface area (Å²) < 4.78 is 52.8. The largest absolute Gasteiger partial charge is 0.322 e. The van der Waals surface area contributed by atoms with Gasteiger partial charge in [-0.15, -0.1) is 11.8 Å². The van der Waals surface area contributed by atoms with E-state index in [1.807, 2.05) is 0 Å². The average molecular weight is 432 g/mol. The van der Waals surface area contributed by atoms with Gasteiger partial charge >= 0.3 is 0 Å². The molecular weight excluding hydrogens is 414 g/mol. The lowest BCUT2D eigenvalue weighted by Gasteiger charge is -2.28. The van der Waals surface area contributed by atoms with Crippen molar-refractivity contribution >= 4 is 35.0 Å². The van der Waals surface area contributed by atoms with Crippen LogP contribution in [0.5, 0.6) is 0 Å². The number of rotatable bonds is 5. The number of thioether (sulfide) groups is 1. The van der Waals surface area contributed by atoms with Crippen molar-refractivity contribution in [2.45, 2.75) is 36.5 Å². The second-order valence-corrected chi connectivity index (χ2v) is 8.31. The summed E-state index contributed by atoms with van der Waals surface area (Å²) in [5.41, 5.74) is 0.447. The molecule has 28 heavy (non-hydrogen) atoms. The number of alkyl halides is 2. The van der Waals surface area contributed by atoms with E-state index < -0.39 is 23.5 Å². The Bertz CT molecular complexity index is 867. The van der Waals surface area contributed by atoms with Gasteiger partial charge < -0.3 is 5.32 Å². The number of hydrogen-bond acceptors (Lipinski definition) is 2. The van der Waals surface area contributed by atoms with Crippen LogP contribution in [0.15, 0.2) is 41.3 Å². The van der Waals surface area contributed by atoms with Gasteiger partial charge in [0, 0.05) is 40.8 Å². The fraction of sp³-hybridized carbons (Fsp3) is 0.350. The summed E-state index contributed by atoms with van der Waals surface area (Å²) in [4.78, 5) is 13.1. The van der Waals surface area contributed by atoms with Gasteiger partial charge in [-0.3, -0.25) is 4.79 Å². The first-order valence-electron chi connectivity index (χ1n) is 8.80. The maximum absolute atomic E-state index is 13.3. The number of nitrogens with one attached hydrogen (secondary N) is 1. The summed E-state index contributed by atoms with van der Waals surface area (Å²) >= 11 is 7.63. The van der Waals surface area contributed by atoms with Crippen LogP contribution in [0.3, 0.4) is 0 Å². The van der Waals surface area contributed by atoms with Gasteiger partial charge in [-0.25, -0.2) is 17.6 Å². The number of amides is 1. The molecule has 1 amide bonds. The van der Waals surface area contributed by atoms with E-state index in [9.17, 15) is 22.4 Å². The zero-order valence-corrected chi connectivity index (χ0v) is 16.4. The first-order valence-corrected chi connectivity index (χ1v) is 10.2. The maximum Gasteiger partial charge on any atom is 0.255 e. The molecule has 8 heteroatoms. The summed E-state index contributed by atoms with van der Waals surface area (Å²) in [5, 5.41) is 2.97. The lowest BCUT2D eigenvalue weighted by Crippen LogP contribution is -2.25. The number of benzene rings is 2. The van der Waals surface area contributed by atoms with E-state index in [4.69, 9.17) is 11.6 Å². The quantitative estimate of drug-likeness (QED) is 0.417. The predicted molar refractivity (Wildman–Crippen MR) is 103 cm³/mol. The third kappa shape index (κ3) is 5.41. The second-order valence-electron chi connectivity index (χ2n) is 6.84. The summed E-state index contributed by atoms with van der Waals surface area (Å²) in [7, 11) is 0. The fourth-order valence-electron chi connectivity index (χ4n) is 3.01. The second kappa shape index (κ2) is 8.74. The van der Waals surface area contributed by atoms with Gasteiger partial charge in [0.05, 0.1) is 5.02 Å². The molecule has 0 spiro atoms. The van der Waals surface area contributed by atoms with Crippen molar-refractivity contribution in [1.29, 1.82) is 0 Å². The Balaban J connectivity index is 1.63. The molecule has 1 saturated carbocycles. The van der Waals surface area contributed by atoms with Crippen molar-refractivity contribution in [1.82, 2.24) is 0 Å². The molecule has 0 unspecified atom stereocenters. The van der Waals surface area contributed by atoms with Crippen molar-refractivity contribution in [2.75, 3.05) is 11.1 Å². The van der Waals surface area contributed by atoms with Crippen molar-refractivity contribution in [3.05, 3.63) is 58.6 Å². The molecule has 1 aliphatic carbocycles. The fourth-order valence-corrected chi connectivity index (χ4v) is 4.45. The zero-order chi connectivity index (χ0) is 20.3. The number of halogens is 5. The highest BCUT2D eigenvalue weighted by Gasteiger charge is 2.34. The van der Waals surface area contributed by atoms with Gasteiger partial charge in [-0.05, 0) is 49.1 Å². The Morgan fingerprint density at radius 1 is 1.11 bits per heavy atom. The number of hydrogen-bond donors (Lipinski definition) is 1. The Labute approximate surface area is 169 Å². The van der Waals surface area contributed by atoms with Crippen LogP contribution < -0.4 is 5.32 Å². The van der Waals surface area contributed by atoms with E-state index >= 15 is 0 Å². The third-order valence-corrected chi connectivity index (χ3v) is 6.41. The van der Waals surface area contributed by atoms with E-state index in [-0.39, 0.29) is 24.4 Å². The molecular formula is C20H18ClF4NOS. The van der Waals surface area contributed by atoms with Crippen LogP contribution in [-0.2, 0) is 0 Å². The van der Waals surface area contributed by atoms with E-state index in [2.05, 4.69) is 5.32 Å². The van der Waals surface area contributed by atoms with Gasteiger partial charge in [0.15, 0.2) is 11.6 Å². The van der Waals surface area contributed by atoms with Crippen LogP contribution in [0.2, 0.25) is 5.02 Å². The molecule has 1 fully saturated rings. The molecule has 0 saturated heterocycles. The first-order chi connectivity index (χ1) is 13.2. The van der Waals surface area contributed by atoms with Crippen molar-refractivity contribution < 1.29 is 22.4 Å². The van der Waals surface area contributed by atoms with Crippen LogP contribution in [0, 0.1) is 17.6 Å². The van der Waals surface area contributed by atoms with E-state index in [0.29, 0.717) is 34.1 Å². The number of anilines is 1. The number of carbonyl (C=O) groups is 1. The Hall–Kier alpha value is -1.73. The minimum atomic E-state index is -2.56. The van der Waals surface area contributed by atoms with Crippen LogP contribution in [-0.4, -0.2) is 17.6 Å². The average Bonchev–Trinajstić information content (AvgIpc) is 2.65. The van der Waals surface area contributed by atoms with Crippen LogP contribution in [0.1, 0.15) is 36.0 Å². The monoisotopic (exact) mass is 431 g/mol. The lowest BCUT2D eigenvalue weighted by molar-refractivity contribution is -0.0433. The Kier molecular flexibility index (Phi) is 6.55. The van der Waals surface area contributed by atoms with Gasteiger partial charge in [0.2, 0.25) is 5.92 Å². The maximum atomic E-state index is 13.3. The van der Waals surface area contributed by atoms with Crippen LogP contribution in [0.4, 0.5) is 23.2 Å². The normalized spacial score (nSPS) is 16.8. The van der Waals surface area contributed by atoms with E-state index in [1.54, 1.807) is 12.1 Å². The Morgan fingerprint density at radius 2 is 1.82 bits per heavy atom. The third-order valence-electron chi connectivity index (χ3n) is 4.68. The predicted octanol–water partition coefficient (Wildman–Crippen LogP) is 6.79. The highest BCUT2D eigenvalue weighted by Crippen LogP contribution is 2.39.